The van der Waals surface area contributed by atoms with E-state index in [4.69, 9.17) is 0 Å². The molecule has 0 unspecified atom stereocenters. The Morgan fingerprint density at radius 3 is 1.89 bits per heavy atom. The molecule has 0 spiro atoms. The van der Waals surface area contributed by atoms with E-state index in [-0.39, 0.29) is 0 Å². The SMILES string of the molecule is C=C(C[Si](C)(C)C)c1ccc(-c2ccccc2)cc1. The van der Waals surface area contributed by atoms with Crippen LogP contribution in [0.4, 0.5) is 0 Å². The summed E-state index contributed by atoms with van der Waals surface area (Å²) in [4.78, 5) is 0. The van der Waals surface area contributed by atoms with Gasteiger partial charge in [-0.15, -0.1) is 0 Å². The minimum atomic E-state index is -1.08. The van der Waals surface area contributed by atoms with Gasteiger partial charge >= 0.3 is 0 Å². The molecule has 1 heteroatoms. The summed E-state index contributed by atoms with van der Waals surface area (Å²) in [7, 11) is -1.08. The molecule has 0 saturated heterocycles. The zero-order chi connectivity index (χ0) is 13.9. The second kappa shape index (κ2) is 5.58. The summed E-state index contributed by atoms with van der Waals surface area (Å²) in [5, 5.41) is 0. The highest BCUT2D eigenvalue weighted by atomic mass is 28.3. The Balaban J connectivity index is 2.17. The third-order valence-corrected chi connectivity index (χ3v) is 4.63. The molecule has 0 saturated carbocycles. The molecule has 2 aromatic rings. The largest absolute Gasteiger partial charge is 0.0955 e. The van der Waals surface area contributed by atoms with Gasteiger partial charge < -0.3 is 0 Å². The van der Waals surface area contributed by atoms with Crippen molar-refractivity contribution < 1.29 is 0 Å². The number of rotatable bonds is 4. The molecule has 0 atom stereocenters. The lowest BCUT2D eigenvalue weighted by atomic mass is 10.0. The predicted molar refractivity (Wildman–Crippen MR) is 89.1 cm³/mol. The minimum Gasteiger partial charge on any atom is -0.0955 e. The molecule has 0 radical (unpaired) electrons. The van der Waals surface area contributed by atoms with Crippen LogP contribution in [-0.4, -0.2) is 8.07 Å². The lowest BCUT2D eigenvalue weighted by molar-refractivity contribution is 1.48. The van der Waals surface area contributed by atoms with Crippen LogP contribution in [0.25, 0.3) is 16.7 Å². The number of allylic oxidation sites excluding steroid dienone is 1. The van der Waals surface area contributed by atoms with Crippen LogP contribution in [0.2, 0.25) is 25.7 Å². The van der Waals surface area contributed by atoms with Gasteiger partial charge in [-0.25, -0.2) is 0 Å². The van der Waals surface area contributed by atoms with Crippen molar-refractivity contribution in [3.05, 3.63) is 66.7 Å². The van der Waals surface area contributed by atoms with E-state index in [1.54, 1.807) is 0 Å². The Kier molecular flexibility index (Phi) is 4.06. The highest BCUT2D eigenvalue weighted by Gasteiger charge is 2.15. The van der Waals surface area contributed by atoms with Crippen molar-refractivity contribution in [2.75, 3.05) is 0 Å². The predicted octanol–water partition coefficient (Wildman–Crippen LogP) is 5.71. The fourth-order valence-electron chi connectivity index (χ4n) is 2.27. The lowest BCUT2D eigenvalue weighted by Crippen LogP contribution is -2.19. The van der Waals surface area contributed by atoms with Crippen molar-refractivity contribution in [1.29, 1.82) is 0 Å². The first kappa shape index (κ1) is 13.8. The van der Waals surface area contributed by atoms with Crippen LogP contribution in [0.5, 0.6) is 0 Å². The van der Waals surface area contributed by atoms with E-state index in [2.05, 4.69) is 74.8 Å². The maximum absolute atomic E-state index is 4.25. The monoisotopic (exact) mass is 266 g/mol. The van der Waals surface area contributed by atoms with Crippen LogP contribution in [-0.2, 0) is 0 Å². The molecule has 0 fully saturated rings. The van der Waals surface area contributed by atoms with E-state index in [1.165, 1.54) is 22.3 Å². The minimum absolute atomic E-state index is 1.08. The van der Waals surface area contributed by atoms with Gasteiger partial charge in [0.15, 0.2) is 0 Å². The van der Waals surface area contributed by atoms with Crippen molar-refractivity contribution in [2.24, 2.45) is 0 Å². The summed E-state index contributed by atoms with van der Waals surface area (Å²) in [6.45, 7) is 11.4. The Labute approximate surface area is 117 Å². The molecule has 0 nitrogen and oxygen atoms in total. The zero-order valence-electron chi connectivity index (χ0n) is 12.1. The van der Waals surface area contributed by atoms with Gasteiger partial charge in [0.25, 0.3) is 0 Å². The van der Waals surface area contributed by atoms with Gasteiger partial charge in [-0.05, 0) is 22.7 Å². The van der Waals surface area contributed by atoms with E-state index in [0.717, 1.165) is 6.04 Å². The third kappa shape index (κ3) is 3.93. The summed E-state index contributed by atoms with van der Waals surface area (Å²) in [6, 6.07) is 20.4. The van der Waals surface area contributed by atoms with Crippen LogP contribution < -0.4 is 0 Å². The molecule has 0 bridgehead atoms. The topological polar surface area (TPSA) is 0 Å². The standard InChI is InChI=1S/C18H22Si/c1-15(14-19(2,3)4)16-10-12-18(13-11-16)17-8-6-5-7-9-17/h5-13H,1,14H2,2-4H3. The first-order valence-corrected chi connectivity index (χ1v) is 10.5. The van der Waals surface area contributed by atoms with Gasteiger partial charge in [0, 0.05) is 8.07 Å². The molecule has 0 aliphatic carbocycles. The first-order valence-electron chi connectivity index (χ1n) is 6.79. The molecule has 0 aliphatic rings. The van der Waals surface area contributed by atoms with Gasteiger partial charge in [0.2, 0.25) is 0 Å². The quantitative estimate of drug-likeness (QED) is 0.622. The number of benzene rings is 2. The van der Waals surface area contributed by atoms with Crippen LogP contribution in [0, 0.1) is 0 Å². The Hall–Kier alpha value is -1.60. The second-order valence-electron chi connectivity index (χ2n) is 6.28. The van der Waals surface area contributed by atoms with Gasteiger partial charge in [0.05, 0.1) is 0 Å². The van der Waals surface area contributed by atoms with E-state index < -0.39 is 8.07 Å². The molecule has 0 heterocycles. The van der Waals surface area contributed by atoms with E-state index in [1.807, 2.05) is 6.07 Å². The highest BCUT2D eigenvalue weighted by molar-refractivity contribution is 6.77. The molecule has 0 N–H and O–H groups in total. The molecular formula is C18H22Si. The molecule has 19 heavy (non-hydrogen) atoms. The number of hydrogen-bond donors (Lipinski definition) is 0. The average Bonchev–Trinajstić information content (AvgIpc) is 2.38. The average molecular weight is 266 g/mol. The molecular weight excluding hydrogens is 244 g/mol. The van der Waals surface area contributed by atoms with Gasteiger partial charge in [-0.2, -0.15) is 0 Å². The third-order valence-electron chi connectivity index (χ3n) is 3.14. The van der Waals surface area contributed by atoms with Gasteiger partial charge in [-0.3, -0.25) is 0 Å². The van der Waals surface area contributed by atoms with Crippen LogP contribution in [0.15, 0.2) is 61.2 Å². The second-order valence-corrected chi connectivity index (χ2v) is 11.8. The van der Waals surface area contributed by atoms with Crippen molar-refractivity contribution in [1.82, 2.24) is 0 Å². The molecule has 0 amide bonds. The Bertz CT molecular complexity index is 544. The van der Waals surface area contributed by atoms with Gasteiger partial charge in [-0.1, -0.05) is 86.4 Å². The van der Waals surface area contributed by atoms with Crippen LogP contribution >= 0.6 is 0 Å². The molecule has 0 aliphatic heterocycles. The fourth-order valence-corrected chi connectivity index (χ4v) is 3.76. The maximum atomic E-state index is 4.25. The number of hydrogen-bond acceptors (Lipinski definition) is 0. The summed E-state index contributed by atoms with van der Waals surface area (Å²) in [5.74, 6) is 0. The van der Waals surface area contributed by atoms with Crippen molar-refractivity contribution >= 4 is 13.6 Å². The molecule has 98 valence electrons. The smallest absolute Gasteiger partial charge is 0.0487 e. The van der Waals surface area contributed by atoms with E-state index in [9.17, 15) is 0 Å². The van der Waals surface area contributed by atoms with Crippen molar-refractivity contribution in [2.45, 2.75) is 25.7 Å². The Morgan fingerprint density at radius 1 is 0.842 bits per heavy atom. The highest BCUT2D eigenvalue weighted by Crippen LogP contribution is 2.26. The van der Waals surface area contributed by atoms with Crippen LogP contribution in [0.3, 0.4) is 0 Å². The Morgan fingerprint density at radius 2 is 1.37 bits per heavy atom. The molecule has 2 aromatic carbocycles. The maximum Gasteiger partial charge on any atom is 0.0487 e. The fraction of sp³-hybridized carbons (Fsp3) is 0.222. The molecule has 2 rings (SSSR count). The summed E-state index contributed by atoms with van der Waals surface area (Å²) in [6.07, 6.45) is 0. The normalized spacial score (nSPS) is 11.3. The van der Waals surface area contributed by atoms with E-state index >= 15 is 0 Å². The van der Waals surface area contributed by atoms with Crippen molar-refractivity contribution in [3.8, 4) is 11.1 Å². The lowest BCUT2D eigenvalue weighted by Gasteiger charge is -2.17. The van der Waals surface area contributed by atoms with Crippen LogP contribution in [0.1, 0.15) is 5.56 Å². The first-order chi connectivity index (χ1) is 8.96. The summed E-state index contributed by atoms with van der Waals surface area (Å²) >= 11 is 0. The van der Waals surface area contributed by atoms with E-state index in [0.29, 0.717) is 0 Å². The molecule has 0 aromatic heterocycles. The zero-order valence-corrected chi connectivity index (χ0v) is 13.1. The van der Waals surface area contributed by atoms with Gasteiger partial charge in [0.1, 0.15) is 0 Å². The van der Waals surface area contributed by atoms with Crippen molar-refractivity contribution in [3.63, 3.8) is 0 Å². The summed E-state index contributed by atoms with van der Waals surface area (Å²) < 4.78 is 0. The summed E-state index contributed by atoms with van der Waals surface area (Å²) in [5.41, 5.74) is 5.09.